The predicted octanol–water partition coefficient (Wildman–Crippen LogP) is 1.61. The molecule has 1 aromatic rings. The number of hydrogen-bond donors (Lipinski definition) is 1. The molecule has 1 fully saturated rings. The van der Waals surface area contributed by atoms with Crippen molar-refractivity contribution >= 4 is 29.0 Å². The van der Waals surface area contributed by atoms with Crippen molar-refractivity contribution in [2.75, 3.05) is 5.75 Å². The van der Waals surface area contributed by atoms with Gasteiger partial charge in [-0.25, -0.2) is 0 Å². The molecule has 0 aromatic carbocycles. The lowest BCUT2D eigenvalue weighted by atomic mass is 10.4. The Bertz CT molecular complexity index is 257. The number of thioether (sulfide) groups is 1. The molecule has 2 heterocycles. The van der Waals surface area contributed by atoms with Crippen LogP contribution in [0.3, 0.4) is 0 Å². The van der Waals surface area contributed by atoms with Crippen LogP contribution in [0.25, 0.3) is 0 Å². The summed E-state index contributed by atoms with van der Waals surface area (Å²) in [5.74, 6) is 0.746. The van der Waals surface area contributed by atoms with Gasteiger partial charge in [0.05, 0.1) is 5.75 Å². The average Bonchev–Trinajstić information content (AvgIpc) is 2.55. The summed E-state index contributed by atoms with van der Waals surface area (Å²) in [5, 5.41) is 5.13. The Hall–Kier alpha value is -0.480. The molecular formula is C7H7NOS2. The van der Waals surface area contributed by atoms with Crippen LogP contribution in [-0.4, -0.2) is 11.7 Å². The zero-order chi connectivity index (χ0) is 7.68. The summed E-state index contributed by atoms with van der Waals surface area (Å²) in [6, 6.07) is 4.05. The number of rotatable bonds is 1. The molecule has 11 heavy (non-hydrogen) atoms. The van der Waals surface area contributed by atoms with E-state index in [0.29, 0.717) is 5.75 Å². The fourth-order valence-corrected chi connectivity index (χ4v) is 2.87. The van der Waals surface area contributed by atoms with E-state index in [1.54, 1.807) is 23.1 Å². The Balaban J connectivity index is 2.13. The minimum Gasteiger partial charge on any atom is -0.339 e. The van der Waals surface area contributed by atoms with Crippen molar-refractivity contribution in [2.45, 2.75) is 5.37 Å². The van der Waals surface area contributed by atoms with Crippen LogP contribution in [0.1, 0.15) is 10.3 Å². The molecule has 2 nitrogen and oxygen atoms in total. The van der Waals surface area contributed by atoms with E-state index in [2.05, 4.69) is 5.32 Å². The summed E-state index contributed by atoms with van der Waals surface area (Å²) < 4.78 is 0. The fraction of sp³-hybridized carbons (Fsp3) is 0.286. The second-order valence-electron chi connectivity index (χ2n) is 2.27. The minimum absolute atomic E-state index is 0.147. The van der Waals surface area contributed by atoms with E-state index in [4.69, 9.17) is 0 Å². The lowest BCUT2D eigenvalue weighted by Crippen LogP contribution is -2.18. The summed E-state index contributed by atoms with van der Waals surface area (Å²) in [5.41, 5.74) is 0. The molecule has 1 aromatic heterocycles. The highest BCUT2D eigenvalue weighted by Gasteiger charge is 2.23. The molecule has 58 valence electrons. The van der Waals surface area contributed by atoms with Gasteiger partial charge in [0, 0.05) is 4.88 Å². The standard InChI is InChI=1S/C7H7NOS2/c9-6-4-11-7(8-6)5-2-1-3-10-5/h1-3,7H,4H2,(H,8,9). The second-order valence-corrected chi connectivity index (χ2v) is 4.35. The molecule has 1 N–H and O–H groups in total. The second kappa shape index (κ2) is 2.87. The van der Waals surface area contributed by atoms with Crippen LogP contribution in [0, 0.1) is 0 Å². The van der Waals surface area contributed by atoms with Gasteiger partial charge in [-0.2, -0.15) is 0 Å². The molecule has 0 aliphatic carbocycles. The fourth-order valence-electron chi connectivity index (χ4n) is 0.982. The van der Waals surface area contributed by atoms with Crippen LogP contribution in [0.15, 0.2) is 17.5 Å². The number of carbonyl (C=O) groups excluding carboxylic acids is 1. The van der Waals surface area contributed by atoms with Gasteiger partial charge in [0.25, 0.3) is 0 Å². The van der Waals surface area contributed by atoms with Crippen LogP contribution in [0.5, 0.6) is 0 Å². The first-order valence-electron chi connectivity index (χ1n) is 3.30. The maximum absolute atomic E-state index is 10.8. The molecule has 1 unspecified atom stereocenters. The summed E-state index contributed by atoms with van der Waals surface area (Å²) in [6.07, 6.45) is 0. The number of amides is 1. The third-order valence-electron chi connectivity index (χ3n) is 1.47. The van der Waals surface area contributed by atoms with Crippen LogP contribution < -0.4 is 5.32 Å². The van der Waals surface area contributed by atoms with Crippen molar-refractivity contribution < 1.29 is 4.79 Å². The van der Waals surface area contributed by atoms with Gasteiger partial charge >= 0.3 is 0 Å². The van der Waals surface area contributed by atoms with E-state index in [0.717, 1.165) is 0 Å². The largest absolute Gasteiger partial charge is 0.339 e. The van der Waals surface area contributed by atoms with Crippen LogP contribution >= 0.6 is 23.1 Å². The van der Waals surface area contributed by atoms with Crippen molar-refractivity contribution in [3.8, 4) is 0 Å². The molecule has 1 atom stereocenters. The van der Waals surface area contributed by atoms with Crippen molar-refractivity contribution in [1.29, 1.82) is 0 Å². The Morgan fingerprint density at radius 1 is 1.64 bits per heavy atom. The van der Waals surface area contributed by atoms with E-state index in [9.17, 15) is 4.79 Å². The summed E-state index contributed by atoms with van der Waals surface area (Å²) >= 11 is 3.34. The lowest BCUT2D eigenvalue weighted by molar-refractivity contribution is -0.118. The molecule has 0 spiro atoms. The van der Waals surface area contributed by atoms with E-state index >= 15 is 0 Å². The molecule has 0 radical (unpaired) electrons. The Labute approximate surface area is 73.0 Å². The third-order valence-corrected chi connectivity index (χ3v) is 3.70. The van der Waals surface area contributed by atoms with E-state index in [-0.39, 0.29) is 11.3 Å². The summed E-state index contributed by atoms with van der Waals surface area (Å²) in [7, 11) is 0. The van der Waals surface area contributed by atoms with Gasteiger partial charge in [-0.1, -0.05) is 6.07 Å². The first-order valence-corrected chi connectivity index (χ1v) is 5.23. The number of carbonyl (C=O) groups is 1. The van der Waals surface area contributed by atoms with Gasteiger partial charge in [0.1, 0.15) is 5.37 Å². The quantitative estimate of drug-likeness (QED) is 0.720. The van der Waals surface area contributed by atoms with Crippen molar-refractivity contribution in [1.82, 2.24) is 5.32 Å². The SMILES string of the molecule is O=C1CSC(c2cccs2)N1. The highest BCUT2D eigenvalue weighted by molar-refractivity contribution is 8.00. The molecule has 2 rings (SSSR count). The monoisotopic (exact) mass is 185 g/mol. The summed E-state index contributed by atoms with van der Waals surface area (Å²) in [4.78, 5) is 12.1. The molecule has 1 aliphatic heterocycles. The Morgan fingerprint density at radius 2 is 2.55 bits per heavy atom. The van der Waals surface area contributed by atoms with Gasteiger partial charge < -0.3 is 5.32 Å². The van der Waals surface area contributed by atoms with E-state index in [1.807, 2.05) is 17.5 Å². The van der Waals surface area contributed by atoms with Crippen molar-refractivity contribution in [2.24, 2.45) is 0 Å². The smallest absolute Gasteiger partial charge is 0.231 e. The molecule has 0 saturated carbocycles. The Morgan fingerprint density at radius 3 is 3.09 bits per heavy atom. The number of hydrogen-bond acceptors (Lipinski definition) is 3. The highest BCUT2D eigenvalue weighted by atomic mass is 32.2. The topological polar surface area (TPSA) is 29.1 Å². The van der Waals surface area contributed by atoms with Gasteiger partial charge in [0.15, 0.2) is 0 Å². The van der Waals surface area contributed by atoms with Gasteiger partial charge in [0.2, 0.25) is 5.91 Å². The molecule has 0 bridgehead atoms. The third kappa shape index (κ3) is 1.41. The van der Waals surface area contributed by atoms with Crippen molar-refractivity contribution in [3.63, 3.8) is 0 Å². The first-order chi connectivity index (χ1) is 5.36. The van der Waals surface area contributed by atoms with Gasteiger partial charge in [-0.05, 0) is 11.4 Å². The number of nitrogens with one attached hydrogen (secondary N) is 1. The molecule has 1 saturated heterocycles. The van der Waals surface area contributed by atoms with Crippen LogP contribution in [0.4, 0.5) is 0 Å². The van der Waals surface area contributed by atoms with E-state index in [1.165, 1.54) is 4.88 Å². The maximum Gasteiger partial charge on any atom is 0.231 e. The lowest BCUT2D eigenvalue weighted by Gasteiger charge is -2.04. The van der Waals surface area contributed by atoms with Crippen LogP contribution in [0.2, 0.25) is 0 Å². The normalized spacial score (nSPS) is 23.6. The zero-order valence-corrected chi connectivity index (χ0v) is 7.37. The Kier molecular flexibility index (Phi) is 1.87. The van der Waals surface area contributed by atoms with E-state index < -0.39 is 0 Å². The zero-order valence-electron chi connectivity index (χ0n) is 5.74. The first kappa shape index (κ1) is 7.18. The minimum atomic E-state index is 0.147. The maximum atomic E-state index is 10.8. The van der Waals surface area contributed by atoms with Crippen molar-refractivity contribution in [3.05, 3.63) is 22.4 Å². The molecule has 1 amide bonds. The predicted molar refractivity (Wildman–Crippen MR) is 47.7 cm³/mol. The number of thiophene rings is 1. The summed E-state index contributed by atoms with van der Waals surface area (Å²) in [6.45, 7) is 0. The molecule has 4 heteroatoms. The van der Waals surface area contributed by atoms with Gasteiger partial charge in [-0.15, -0.1) is 23.1 Å². The molecular weight excluding hydrogens is 178 g/mol. The molecule has 1 aliphatic rings. The van der Waals surface area contributed by atoms with Crippen LogP contribution in [-0.2, 0) is 4.79 Å². The van der Waals surface area contributed by atoms with Gasteiger partial charge in [-0.3, -0.25) is 4.79 Å². The average molecular weight is 185 g/mol. The highest BCUT2D eigenvalue weighted by Crippen LogP contribution is 2.32.